The molecule has 1 atom stereocenters. The van der Waals surface area contributed by atoms with Crippen molar-refractivity contribution in [3.63, 3.8) is 0 Å². The molecule has 0 aliphatic rings. The number of hydrogen-bond donors (Lipinski definition) is 3. The Morgan fingerprint density at radius 2 is 1.77 bits per heavy atom. The first-order chi connectivity index (χ1) is 14.4. The van der Waals surface area contributed by atoms with E-state index in [2.05, 4.69) is 34.7 Å². The summed E-state index contributed by atoms with van der Waals surface area (Å²) in [5, 5.41) is 11.6. The first-order valence-electron chi connectivity index (χ1n) is 10.2. The average molecular weight is 561 g/mol. The second-order valence-corrected chi connectivity index (χ2v) is 8.47. The molecule has 0 bridgehead atoms. The zero-order chi connectivity index (χ0) is 21.8. The van der Waals surface area contributed by atoms with E-state index in [0.29, 0.717) is 19.7 Å². The van der Waals surface area contributed by atoms with Crippen molar-refractivity contribution in [3.05, 3.63) is 65.7 Å². The smallest absolute Gasteiger partial charge is 0.238 e. The molecule has 7 nitrogen and oxygen atoms in total. The first-order valence-corrected chi connectivity index (χ1v) is 11.7. The van der Waals surface area contributed by atoms with Gasteiger partial charge in [0.05, 0.1) is 11.0 Å². The second kappa shape index (κ2) is 14.4. The molecule has 0 aromatic heterocycles. The number of nitrogens with one attached hydrogen (secondary N) is 2. The van der Waals surface area contributed by atoms with Crippen LogP contribution in [0.15, 0.2) is 64.5 Å². The van der Waals surface area contributed by atoms with Crippen LogP contribution in [-0.4, -0.2) is 40.6 Å². The van der Waals surface area contributed by atoms with Gasteiger partial charge in [-0.2, -0.15) is 0 Å². The monoisotopic (exact) mass is 560 g/mol. The second-order valence-electron chi connectivity index (χ2n) is 6.90. The van der Waals surface area contributed by atoms with Crippen molar-refractivity contribution in [2.24, 2.45) is 10.1 Å². The molecule has 0 aliphatic carbocycles. The SMILES string of the molecule is CCNC(=NCCCOC(C)c1ccccc1)NCCc1ccc(S(N)(=O)=O)cc1.I. The number of benzene rings is 2. The molecule has 172 valence electrons. The topological polar surface area (TPSA) is 106 Å². The molecule has 0 heterocycles. The summed E-state index contributed by atoms with van der Waals surface area (Å²) in [6, 6.07) is 16.8. The van der Waals surface area contributed by atoms with Crippen molar-refractivity contribution in [2.45, 2.75) is 37.7 Å². The lowest BCUT2D eigenvalue weighted by molar-refractivity contribution is 0.0652. The van der Waals surface area contributed by atoms with Gasteiger partial charge in [-0.05, 0) is 49.9 Å². The number of sulfonamides is 1. The molecule has 0 saturated heterocycles. The van der Waals surface area contributed by atoms with Gasteiger partial charge in [0.15, 0.2) is 5.96 Å². The number of nitrogens with zero attached hydrogens (tertiary/aromatic N) is 1. The maximum Gasteiger partial charge on any atom is 0.238 e. The van der Waals surface area contributed by atoms with Crippen LogP contribution in [0.25, 0.3) is 0 Å². The molecular weight excluding hydrogens is 527 g/mol. The highest BCUT2D eigenvalue weighted by atomic mass is 127. The van der Waals surface area contributed by atoms with E-state index in [9.17, 15) is 8.42 Å². The molecule has 0 saturated carbocycles. The summed E-state index contributed by atoms with van der Waals surface area (Å²) in [7, 11) is -3.65. The Morgan fingerprint density at radius 3 is 2.39 bits per heavy atom. The van der Waals surface area contributed by atoms with E-state index in [4.69, 9.17) is 9.88 Å². The van der Waals surface area contributed by atoms with Crippen molar-refractivity contribution in [1.29, 1.82) is 0 Å². The van der Waals surface area contributed by atoms with Crippen LogP contribution in [0.1, 0.15) is 37.5 Å². The number of guanidine groups is 1. The van der Waals surface area contributed by atoms with Crippen molar-refractivity contribution in [1.82, 2.24) is 10.6 Å². The van der Waals surface area contributed by atoms with Crippen LogP contribution >= 0.6 is 24.0 Å². The van der Waals surface area contributed by atoms with Crippen LogP contribution in [0.2, 0.25) is 0 Å². The molecule has 0 radical (unpaired) electrons. The van der Waals surface area contributed by atoms with Crippen molar-refractivity contribution < 1.29 is 13.2 Å². The molecule has 4 N–H and O–H groups in total. The normalized spacial score (nSPS) is 12.7. The van der Waals surface area contributed by atoms with E-state index in [1.165, 1.54) is 17.7 Å². The first kappa shape index (κ1) is 27.3. The molecule has 2 aromatic carbocycles. The number of nitrogens with two attached hydrogens (primary N) is 1. The van der Waals surface area contributed by atoms with Crippen LogP contribution < -0.4 is 15.8 Å². The summed E-state index contributed by atoms with van der Waals surface area (Å²) >= 11 is 0. The number of primary sulfonamides is 1. The third-order valence-corrected chi connectivity index (χ3v) is 5.44. The molecule has 0 spiro atoms. The summed E-state index contributed by atoms with van der Waals surface area (Å²) < 4.78 is 28.5. The highest BCUT2D eigenvalue weighted by molar-refractivity contribution is 14.0. The Morgan fingerprint density at radius 1 is 1.10 bits per heavy atom. The van der Waals surface area contributed by atoms with E-state index in [0.717, 1.165) is 30.9 Å². The van der Waals surface area contributed by atoms with Gasteiger partial charge >= 0.3 is 0 Å². The molecule has 31 heavy (non-hydrogen) atoms. The maximum atomic E-state index is 11.3. The zero-order valence-corrected chi connectivity index (χ0v) is 21.2. The van der Waals surface area contributed by atoms with Crippen LogP contribution in [-0.2, 0) is 21.2 Å². The van der Waals surface area contributed by atoms with Gasteiger partial charge in [0.25, 0.3) is 0 Å². The Kier molecular flexibility index (Phi) is 12.7. The number of hydrogen-bond acceptors (Lipinski definition) is 4. The summed E-state index contributed by atoms with van der Waals surface area (Å²) in [6.07, 6.45) is 1.65. The van der Waals surface area contributed by atoms with Gasteiger partial charge in [-0.3, -0.25) is 4.99 Å². The van der Waals surface area contributed by atoms with Crippen LogP contribution in [0.5, 0.6) is 0 Å². The molecule has 0 aliphatic heterocycles. The molecular formula is C22H33IN4O3S. The quantitative estimate of drug-likeness (QED) is 0.170. The Bertz CT molecular complexity index is 891. The fourth-order valence-corrected chi connectivity index (χ4v) is 3.36. The van der Waals surface area contributed by atoms with Crippen LogP contribution in [0, 0.1) is 0 Å². The highest BCUT2D eigenvalue weighted by Gasteiger charge is 2.07. The number of ether oxygens (including phenoxy) is 1. The van der Waals surface area contributed by atoms with E-state index >= 15 is 0 Å². The van der Waals surface area contributed by atoms with Gasteiger partial charge < -0.3 is 15.4 Å². The standard InChI is InChI=1S/C22H32N4O3S.HI/c1-3-24-22(25-15-7-17-29-18(2)20-8-5-4-6-9-20)26-16-14-19-10-12-21(13-11-19)30(23,27)28;/h4-6,8-13,18H,3,7,14-17H2,1-2H3,(H2,23,27,28)(H2,24,25,26);1H. The Hall–Kier alpha value is -1.69. The van der Waals surface area contributed by atoms with Crippen molar-refractivity contribution >= 4 is 40.0 Å². The van der Waals surface area contributed by atoms with Crippen LogP contribution in [0.4, 0.5) is 0 Å². The minimum atomic E-state index is -3.65. The minimum absolute atomic E-state index is 0. The lowest BCUT2D eigenvalue weighted by Gasteiger charge is -2.13. The number of aliphatic imine (C=N–C) groups is 1. The average Bonchev–Trinajstić information content (AvgIpc) is 2.73. The number of rotatable bonds is 11. The lowest BCUT2D eigenvalue weighted by Crippen LogP contribution is -2.38. The van der Waals surface area contributed by atoms with Gasteiger partial charge in [0.1, 0.15) is 0 Å². The lowest BCUT2D eigenvalue weighted by atomic mass is 10.1. The molecule has 0 fully saturated rings. The predicted molar refractivity (Wildman–Crippen MR) is 136 cm³/mol. The van der Waals surface area contributed by atoms with Crippen molar-refractivity contribution in [2.75, 3.05) is 26.2 Å². The highest BCUT2D eigenvalue weighted by Crippen LogP contribution is 2.15. The van der Waals surface area contributed by atoms with Gasteiger partial charge in [0.2, 0.25) is 10.0 Å². The zero-order valence-electron chi connectivity index (χ0n) is 18.1. The van der Waals surface area contributed by atoms with Crippen molar-refractivity contribution in [3.8, 4) is 0 Å². The summed E-state index contributed by atoms with van der Waals surface area (Å²) in [5.74, 6) is 0.759. The summed E-state index contributed by atoms with van der Waals surface area (Å²) in [5.41, 5.74) is 2.20. The fraction of sp³-hybridized carbons (Fsp3) is 0.409. The summed E-state index contributed by atoms with van der Waals surface area (Å²) in [4.78, 5) is 4.70. The molecule has 2 aromatic rings. The van der Waals surface area contributed by atoms with Crippen LogP contribution in [0.3, 0.4) is 0 Å². The largest absolute Gasteiger partial charge is 0.374 e. The minimum Gasteiger partial charge on any atom is -0.374 e. The van der Waals surface area contributed by atoms with Gasteiger partial charge in [-0.15, -0.1) is 24.0 Å². The summed E-state index contributed by atoms with van der Waals surface area (Å²) in [6.45, 7) is 6.85. The molecule has 2 rings (SSSR count). The Balaban J connectivity index is 0.00000480. The fourth-order valence-electron chi connectivity index (χ4n) is 2.85. The maximum absolute atomic E-state index is 11.3. The Labute approximate surface area is 202 Å². The third kappa shape index (κ3) is 10.4. The van der Waals surface area contributed by atoms with Gasteiger partial charge in [-0.25, -0.2) is 13.6 Å². The molecule has 9 heteroatoms. The predicted octanol–water partition coefficient (Wildman–Crippen LogP) is 3.22. The van der Waals surface area contributed by atoms with E-state index < -0.39 is 10.0 Å². The van der Waals surface area contributed by atoms with E-state index in [1.807, 2.05) is 25.1 Å². The van der Waals surface area contributed by atoms with E-state index in [-0.39, 0.29) is 35.0 Å². The van der Waals surface area contributed by atoms with Gasteiger partial charge in [0, 0.05) is 26.2 Å². The van der Waals surface area contributed by atoms with E-state index in [1.54, 1.807) is 12.1 Å². The molecule has 1 unspecified atom stereocenters. The third-order valence-electron chi connectivity index (χ3n) is 4.51. The number of halogens is 1. The molecule has 0 amide bonds. The van der Waals surface area contributed by atoms with Gasteiger partial charge in [-0.1, -0.05) is 42.5 Å².